The molecule has 1 aromatic carbocycles. The van der Waals surface area contributed by atoms with Gasteiger partial charge in [0.2, 0.25) is 5.91 Å². The highest BCUT2D eigenvalue weighted by atomic mass is 16.3. The number of rotatable bonds is 5. The fourth-order valence-corrected chi connectivity index (χ4v) is 2.93. The normalized spacial score (nSPS) is 15.2. The average Bonchev–Trinajstić information content (AvgIpc) is 3.16. The first-order chi connectivity index (χ1) is 12.1. The third-order valence-electron chi connectivity index (χ3n) is 4.50. The summed E-state index contributed by atoms with van der Waals surface area (Å²) in [6, 6.07) is 11.4. The van der Waals surface area contributed by atoms with E-state index in [2.05, 4.69) is 10.2 Å². The lowest BCUT2D eigenvalue weighted by atomic mass is 10.1. The van der Waals surface area contributed by atoms with Crippen LogP contribution in [-0.4, -0.2) is 54.3 Å². The van der Waals surface area contributed by atoms with Crippen LogP contribution >= 0.6 is 0 Å². The second kappa shape index (κ2) is 7.98. The molecule has 6 nitrogen and oxygen atoms in total. The summed E-state index contributed by atoms with van der Waals surface area (Å²) in [7, 11) is 0. The largest absolute Gasteiger partial charge is 0.459 e. The Morgan fingerprint density at radius 1 is 1.08 bits per heavy atom. The molecule has 0 bridgehead atoms. The van der Waals surface area contributed by atoms with Crippen LogP contribution in [0.1, 0.15) is 21.7 Å². The van der Waals surface area contributed by atoms with Gasteiger partial charge in [0.25, 0.3) is 5.91 Å². The summed E-state index contributed by atoms with van der Waals surface area (Å²) >= 11 is 0. The summed E-state index contributed by atoms with van der Waals surface area (Å²) in [5.74, 6) is 0.284. The molecule has 1 fully saturated rings. The van der Waals surface area contributed by atoms with E-state index >= 15 is 0 Å². The Balaban J connectivity index is 1.42. The number of furan rings is 1. The fraction of sp³-hybridized carbons (Fsp3) is 0.368. The van der Waals surface area contributed by atoms with Crippen LogP contribution in [0.5, 0.6) is 0 Å². The van der Waals surface area contributed by atoms with Crippen molar-refractivity contribution >= 4 is 11.8 Å². The van der Waals surface area contributed by atoms with Crippen LogP contribution in [0.15, 0.2) is 47.1 Å². The molecule has 6 heteroatoms. The third kappa shape index (κ3) is 4.48. The molecule has 2 amide bonds. The second-order valence-electron chi connectivity index (χ2n) is 6.25. The molecule has 2 heterocycles. The van der Waals surface area contributed by atoms with E-state index in [1.807, 2.05) is 31.2 Å². The molecular formula is C19H23N3O3. The molecule has 3 rings (SSSR count). The van der Waals surface area contributed by atoms with E-state index in [4.69, 9.17) is 4.42 Å². The lowest BCUT2D eigenvalue weighted by Crippen LogP contribution is -2.51. The van der Waals surface area contributed by atoms with E-state index in [1.165, 1.54) is 11.8 Å². The molecule has 0 spiro atoms. The number of carbonyl (C=O) groups is 2. The predicted molar refractivity (Wildman–Crippen MR) is 94.1 cm³/mol. The van der Waals surface area contributed by atoms with Crippen molar-refractivity contribution in [3.8, 4) is 0 Å². The predicted octanol–water partition coefficient (Wildman–Crippen LogP) is 1.66. The van der Waals surface area contributed by atoms with Gasteiger partial charge in [-0.25, -0.2) is 0 Å². The maximum Gasteiger partial charge on any atom is 0.289 e. The highest BCUT2D eigenvalue weighted by Crippen LogP contribution is 2.09. The van der Waals surface area contributed by atoms with Crippen LogP contribution in [-0.2, 0) is 11.3 Å². The van der Waals surface area contributed by atoms with Gasteiger partial charge < -0.3 is 14.6 Å². The first kappa shape index (κ1) is 17.2. The molecule has 1 aromatic heterocycles. The Morgan fingerprint density at radius 3 is 2.52 bits per heavy atom. The molecule has 0 aliphatic carbocycles. The van der Waals surface area contributed by atoms with Crippen LogP contribution in [0.3, 0.4) is 0 Å². The lowest BCUT2D eigenvalue weighted by molar-refractivity contribution is -0.122. The zero-order valence-corrected chi connectivity index (χ0v) is 14.4. The zero-order valence-electron chi connectivity index (χ0n) is 14.4. The SMILES string of the molecule is Cc1ccccc1CNC(=O)CN1CCN(C(=O)c2ccco2)CC1. The van der Waals surface area contributed by atoms with Gasteiger partial charge in [0.1, 0.15) is 0 Å². The van der Waals surface area contributed by atoms with Crippen molar-refractivity contribution in [1.82, 2.24) is 15.1 Å². The highest BCUT2D eigenvalue weighted by molar-refractivity contribution is 5.91. The molecular weight excluding hydrogens is 318 g/mol. The van der Waals surface area contributed by atoms with Crippen LogP contribution in [0.2, 0.25) is 0 Å². The van der Waals surface area contributed by atoms with Gasteiger partial charge in [0, 0.05) is 32.7 Å². The zero-order chi connectivity index (χ0) is 17.6. The number of piperazine rings is 1. The monoisotopic (exact) mass is 341 g/mol. The van der Waals surface area contributed by atoms with Gasteiger partial charge in [-0.05, 0) is 30.2 Å². The number of amides is 2. The van der Waals surface area contributed by atoms with Crippen molar-refractivity contribution in [3.63, 3.8) is 0 Å². The Kier molecular flexibility index (Phi) is 5.50. The van der Waals surface area contributed by atoms with Gasteiger partial charge in [-0.3, -0.25) is 14.5 Å². The molecule has 1 saturated heterocycles. The summed E-state index contributed by atoms with van der Waals surface area (Å²) in [5.41, 5.74) is 2.30. The Hall–Kier alpha value is -2.60. The first-order valence-electron chi connectivity index (χ1n) is 8.50. The molecule has 0 saturated carbocycles. The van der Waals surface area contributed by atoms with Gasteiger partial charge >= 0.3 is 0 Å². The van der Waals surface area contributed by atoms with Crippen molar-refractivity contribution in [2.75, 3.05) is 32.7 Å². The molecule has 0 radical (unpaired) electrons. The number of carbonyl (C=O) groups excluding carboxylic acids is 2. The molecule has 0 unspecified atom stereocenters. The highest BCUT2D eigenvalue weighted by Gasteiger charge is 2.24. The molecule has 1 aliphatic heterocycles. The van der Waals surface area contributed by atoms with Crippen molar-refractivity contribution < 1.29 is 14.0 Å². The number of hydrogen-bond acceptors (Lipinski definition) is 4. The topological polar surface area (TPSA) is 65.8 Å². The second-order valence-corrected chi connectivity index (χ2v) is 6.25. The van der Waals surface area contributed by atoms with E-state index in [0.717, 1.165) is 5.56 Å². The van der Waals surface area contributed by atoms with Crippen molar-refractivity contribution in [3.05, 3.63) is 59.5 Å². The quantitative estimate of drug-likeness (QED) is 0.898. The summed E-state index contributed by atoms with van der Waals surface area (Å²) < 4.78 is 5.15. The summed E-state index contributed by atoms with van der Waals surface area (Å²) in [4.78, 5) is 28.2. The number of benzene rings is 1. The smallest absolute Gasteiger partial charge is 0.289 e. The van der Waals surface area contributed by atoms with E-state index in [0.29, 0.717) is 45.0 Å². The standard InChI is InChI=1S/C19H23N3O3/c1-15-5-2-3-6-16(15)13-20-18(23)14-21-8-10-22(11-9-21)19(24)17-7-4-12-25-17/h2-7,12H,8-11,13-14H2,1H3,(H,20,23). The minimum Gasteiger partial charge on any atom is -0.459 e. The first-order valence-corrected chi connectivity index (χ1v) is 8.50. The van der Waals surface area contributed by atoms with E-state index < -0.39 is 0 Å². The van der Waals surface area contributed by atoms with Crippen LogP contribution in [0, 0.1) is 6.92 Å². The van der Waals surface area contributed by atoms with Crippen LogP contribution in [0.25, 0.3) is 0 Å². The molecule has 25 heavy (non-hydrogen) atoms. The van der Waals surface area contributed by atoms with E-state index in [9.17, 15) is 9.59 Å². The van der Waals surface area contributed by atoms with Gasteiger partial charge in [0.05, 0.1) is 12.8 Å². The Labute approximate surface area is 147 Å². The summed E-state index contributed by atoms with van der Waals surface area (Å²) in [6.07, 6.45) is 1.50. The number of nitrogens with one attached hydrogen (secondary N) is 1. The van der Waals surface area contributed by atoms with E-state index in [-0.39, 0.29) is 11.8 Å². The van der Waals surface area contributed by atoms with Gasteiger partial charge in [-0.15, -0.1) is 0 Å². The van der Waals surface area contributed by atoms with Gasteiger partial charge in [-0.2, -0.15) is 0 Å². The van der Waals surface area contributed by atoms with Crippen molar-refractivity contribution in [2.45, 2.75) is 13.5 Å². The summed E-state index contributed by atoms with van der Waals surface area (Å²) in [6.45, 7) is 5.51. The fourth-order valence-electron chi connectivity index (χ4n) is 2.93. The maximum atomic E-state index is 12.2. The van der Waals surface area contributed by atoms with E-state index in [1.54, 1.807) is 17.0 Å². The van der Waals surface area contributed by atoms with Gasteiger partial charge in [0.15, 0.2) is 5.76 Å². The molecule has 2 aromatic rings. The lowest BCUT2D eigenvalue weighted by Gasteiger charge is -2.33. The van der Waals surface area contributed by atoms with Gasteiger partial charge in [-0.1, -0.05) is 24.3 Å². The molecule has 0 atom stereocenters. The Morgan fingerprint density at radius 2 is 1.84 bits per heavy atom. The maximum absolute atomic E-state index is 12.2. The minimum atomic E-state index is -0.0892. The van der Waals surface area contributed by atoms with Crippen LogP contribution in [0.4, 0.5) is 0 Å². The molecule has 1 N–H and O–H groups in total. The molecule has 1 aliphatic rings. The van der Waals surface area contributed by atoms with Crippen molar-refractivity contribution in [1.29, 1.82) is 0 Å². The van der Waals surface area contributed by atoms with Crippen LogP contribution < -0.4 is 5.32 Å². The average molecular weight is 341 g/mol. The molecule has 132 valence electrons. The van der Waals surface area contributed by atoms with Crippen molar-refractivity contribution in [2.24, 2.45) is 0 Å². The summed E-state index contributed by atoms with van der Waals surface area (Å²) in [5, 5.41) is 2.97. The third-order valence-corrected chi connectivity index (χ3v) is 4.50. The minimum absolute atomic E-state index is 0.00839. The number of hydrogen-bond donors (Lipinski definition) is 1. The number of nitrogens with zero attached hydrogens (tertiary/aromatic N) is 2. The Bertz CT molecular complexity index is 719. The number of aryl methyl sites for hydroxylation is 1.